The van der Waals surface area contributed by atoms with Gasteiger partial charge >= 0.3 is 0 Å². The van der Waals surface area contributed by atoms with Crippen molar-refractivity contribution >= 4 is 5.91 Å². The molecule has 18 heavy (non-hydrogen) atoms. The molecule has 1 atom stereocenters. The molecule has 2 aliphatic heterocycles. The molecule has 0 aliphatic carbocycles. The SMILES string of the molecule is CCCN1CCCC1C(=O)N1CCC(CN)CC1. The summed E-state index contributed by atoms with van der Waals surface area (Å²) in [4.78, 5) is 17.0. The minimum atomic E-state index is 0.166. The van der Waals surface area contributed by atoms with Crippen LogP contribution in [0.15, 0.2) is 0 Å². The van der Waals surface area contributed by atoms with Crippen LogP contribution in [0.3, 0.4) is 0 Å². The van der Waals surface area contributed by atoms with E-state index in [1.165, 1.54) is 6.42 Å². The van der Waals surface area contributed by atoms with Crippen LogP contribution in [0.5, 0.6) is 0 Å². The Bertz CT molecular complexity index is 274. The highest BCUT2D eigenvalue weighted by Gasteiger charge is 2.34. The molecule has 1 unspecified atom stereocenters. The van der Waals surface area contributed by atoms with E-state index in [9.17, 15) is 4.79 Å². The van der Waals surface area contributed by atoms with Gasteiger partial charge in [0.25, 0.3) is 0 Å². The molecule has 1 amide bonds. The van der Waals surface area contributed by atoms with Crippen LogP contribution in [0.4, 0.5) is 0 Å². The molecule has 0 aromatic heterocycles. The van der Waals surface area contributed by atoms with Crippen molar-refractivity contribution in [3.63, 3.8) is 0 Å². The summed E-state index contributed by atoms with van der Waals surface area (Å²) in [7, 11) is 0. The van der Waals surface area contributed by atoms with Gasteiger partial charge in [0.05, 0.1) is 6.04 Å². The molecule has 0 spiro atoms. The second-order valence-electron chi connectivity index (χ2n) is 5.70. The molecular weight excluding hydrogens is 226 g/mol. The zero-order valence-corrected chi connectivity index (χ0v) is 11.6. The molecule has 2 rings (SSSR count). The van der Waals surface area contributed by atoms with Crippen LogP contribution in [-0.4, -0.2) is 54.5 Å². The molecular formula is C14H27N3O. The minimum Gasteiger partial charge on any atom is -0.341 e. The molecule has 104 valence electrons. The van der Waals surface area contributed by atoms with Gasteiger partial charge in [-0.05, 0) is 57.7 Å². The molecule has 0 aromatic carbocycles. The molecule has 0 bridgehead atoms. The Balaban J connectivity index is 1.87. The Morgan fingerprint density at radius 3 is 2.56 bits per heavy atom. The molecule has 4 heteroatoms. The molecule has 0 saturated carbocycles. The van der Waals surface area contributed by atoms with E-state index in [-0.39, 0.29) is 6.04 Å². The Hall–Kier alpha value is -0.610. The lowest BCUT2D eigenvalue weighted by Gasteiger charge is -2.35. The van der Waals surface area contributed by atoms with Crippen molar-refractivity contribution in [2.45, 2.75) is 45.1 Å². The van der Waals surface area contributed by atoms with Crippen molar-refractivity contribution in [3.8, 4) is 0 Å². The van der Waals surface area contributed by atoms with Gasteiger partial charge in [0, 0.05) is 13.1 Å². The summed E-state index contributed by atoms with van der Waals surface area (Å²) in [5, 5.41) is 0. The summed E-state index contributed by atoms with van der Waals surface area (Å²) in [6, 6.07) is 0.166. The number of piperidine rings is 1. The van der Waals surface area contributed by atoms with E-state index >= 15 is 0 Å². The first-order valence-corrected chi connectivity index (χ1v) is 7.49. The van der Waals surface area contributed by atoms with Gasteiger partial charge in [-0.3, -0.25) is 9.69 Å². The van der Waals surface area contributed by atoms with Crippen LogP contribution < -0.4 is 5.73 Å². The molecule has 0 aromatic rings. The first kappa shape index (κ1) is 13.8. The van der Waals surface area contributed by atoms with Gasteiger partial charge in [0.1, 0.15) is 0 Å². The minimum absolute atomic E-state index is 0.166. The number of amides is 1. The lowest BCUT2D eigenvalue weighted by atomic mass is 9.96. The highest BCUT2D eigenvalue weighted by Crippen LogP contribution is 2.23. The van der Waals surface area contributed by atoms with E-state index in [0.29, 0.717) is 11.8 Å². The fourth-order valence-corrected chi connectivity index (χ4v) is 3.26. The molecule has 4 nitrogen and oxygen atoms in total. The number of carbonyl (C=O) groups is 1. The third kappa shape index (κ3) is 3.04. The molecule has 2 heterocycles. The molecule has 0 radical (unpaired) electrons. The average Bonchev–Trinajstić information content (AvgIpc) is 2.87. The van der Waals surface area contributed by atoms with Crippen molar-refractivity contribution in [1.82, 2.24) is 9.80 Å². The van der Waals surface area contributed by atoms with E-state index in [0.717, 1.165) is 58.4 Å². The van der Waals surface area contributed by atoms with E-state index in [1.54, 1.807) is 0 Å². The quantitative estimate of drug-likeness (QED) is 0.815. The summed E-state index contributed by atoms with van der Waals surface area (Å²) in [6.45, 7) is 6.95. The maximum Gasteiger partial charge on any atom is 0.239 e. The van der Waals surface area contributed by atoms with Crippen LogP contribution in [-0.2, 0) is 4.79 Å². The number of nitrogens with two attached hydrogens (primary N) is 1. The van der Waals surface area contributed by atoms with E-state index < -0.39 is 0 Å². The maximum atomic E-state index is 12.5. The number of hydrogen-bond donors (Lipinski definition) is 1. The third-order valence-corrected chi connectivity index (χ3v) is 4.42. The molecule has 2 N–H and O–H groups in total. The van der Waals surface area contributed by atoms with Crippen molar-refractivity contribution in [3.05, 3.63) is 0 Å². The maximum absolute atomic E-state index is 12.5. The van der Waals surface area contributed by atoms with E-state index in [1.807, 2.05) is 0 Å². The fourth-order valence-electron chi connectivity index (χ4n) is 3.26. The molecule has 2 aliphatic rings. The zero-order chi connectivity index (χ0) is 13.0. The normalized spacial score (nSPS) is 26.8. The van der Waals surface area contributed by atoms with Gasteiger partial charge < -0.3 is 10.6 Å². The predicted octanol–water partition coefficient (Wildman–Crippen LogP) is 1.06. The predicted molar refractivity (Wildman–Crippen MR) is 73.2 cm³/mol. The first-order valence-electron chi connectivity index (χ1n) is 7.49. The van der Waals surface area contributed by atoms with Crippen LogP contribution >= 0.6 is 0 Å². The van der Waals surface area contributed by atoms with E-state index in [4.69, 9.17) is 5.73 Å². The van der Waals surface area contributed by atoms with Crippen LogP contribution in [0.2, 0.25) is 0 Å². The second-order valence-corrected chi connectivity index (χ2v) is 5.70. The number of rotatable bonds is 4. The summed E-state index contributed by atoms with van der Waals surface area (Å²) < 4.78 is 0. The number of carbonyl (C=O) groups excluding carboxylic acids is 1. The zero-order valence-electron chi connectivity index (χ0n) is 11.6. The average molecular weight is 253 g/mol. The Kier molecular flexibility index (Phi) is 5.01. The van der Waals surface area contributed by atoms with Crippen LogP contribution in [0.25, 0.3) is 0 Å². The molecule has 2 fully saturated rings. The van der Waals surface area contributed by atoms with E-state index in [2.05, 4.69) is 16.7 Å². The van der Waals surface area contributed by atoms with Crippen LogP contribution in [0, 0.1) is 5.92 Å². The largest absolute Gasteiger partial charge is 0.341 e. The van der Waals surface area contributed by atoms with Gasteiger partial charge in [-0.1, -0.05) is 6.92 Å². The highest BCUT2D eigenvalue weighted by atomic mass is 16.2. The van der Waals surface area contributed by atoms with Gasteiger partial charge in [-0.25, -0.2) is 0 Å². The second kappa shape index (κ2) is 6.53. The van der Waals surface area contributed by atoms with Gasteiger partial charge in [-0.2, -0.15) is 0 Å². The van der Waals surface area contributed by atoms with Crippen molar-refractivity contribution < 1.29 is 4.79 Å². The third-order valence-electron chi connectivity index (χ3n) is 4.42. The summed E-state index contributed by atoms with van der Waals surface area (Å²) in [5.41, 5.74) is 5.70. The van der Waals surface area contributed by atoms with Gasteiger partial charge in [0.2, 0.25) is 5.91 Å². The lowest BCUT2D eigenvalue weighted by Crippen LogP contribution is -2.49. The standard InChI is InChI=1S/C14H27N3O/c1-2-7-16-8-3-4-13(16)14(18)17-9-5-12(11-15)6-10-17/h12-13H,2-11,15H2,1H3. The van der Waals surface area contributed by atoms with Crippen LogP contribution in [0.1, 0.15) is 39.0 Å². The fraction of sp³-hybridized carbons (Fsp3) is 0.929. The van der Waals surface area contributed by atoms with Crippen molar-refractivity contribution in [2.24, 2.45) is 11.7 Å². The number of likely N-dealkylation sites (tertiary alicyclic amines) is 2. The van der Waals surface area contributed by atoms with Gasteiger partial charge in [-0.15, -0.1) is 0 Å². The lowest BCUT2D eigenvalue weighted by molar-refractivity contribution is -0.137. The Morgan fingerprint density at radius 1 is 1.22 bits per heavy atom. The summed E-state index contributed by atoms with van der Waals surface area (Å²) in [5.74, 6) is 1.00. The smallest absolute Gasteiger partial charge is 0.239 e. The monoisotopic (exact) mass is 253 g/mol. The highest BCUT2D eigenvalue weighted by molar-refractivity contribution is 5.82. The molecule has 2 saturated heterocycles. The van der Waals surface area contributed by atoms with Crippen molar-refractivity contribution in [2.75, 3.05) is 32.7 Å². The summed E-state index contributed by atoms with van der Waals surface area (Å²) >= 11 is 0. The summed E-state index contributed by atoms with van der Waals surface area (Å²) in [6.07, 6.45) is 5.54. The van der Waals surface area contributed by atoms with Crippen molar-refractivity contribution in [1.29, 1.82) is 0 Å². The topological polar surface area (TPSA) is 49.6 Å². The first-order chi connectivity index (χ1) is 8.76. The Morgan fingerprint density at radius 2 is 1.94 bits per heavy atom. The number of nitrogens with zero attached hydrogens (tertiary/aromatic N) is 2. The number of hydrogen-bond acceptors (Lipinski definition) is 3. The van der Waals surface area contributed by atoms with Gasteiger partial charge in [0.15, 0.2) is 0 Å². The Labute approximate surface area is 110 Å².